The molecule has 0 unspecified atom stereocenters. The highest BCUT2D eigenvalue weighted by molar-refractivity contribution is 7.14. The second kappa shape index (κ2) is 4.98. The fraction of sp³-hybridized carbons (Fsp3) is 0.100. The van der Waals surface area contributed by atoms with Gasteiger partial charge in [-0.1, -0.05) is 0 Å². The zero-order valence-electron chi connectivity index (χ0n) is 9.58. The summed E-state index contributed by atoms with van der Waals surface area (Å²) >= 11 is 1.07. The van der Waals surface area contributed by atoms with E-state index in [0.717, 1.165) is 17.4 Å². The molecule has 0 aromatic carbocycles. The van der Waals surface area contributed by atoms with Crippen molar-refractivity contribution in [2.24, 2.45) is 0 Å². The molecule has 1 amide bonds. The van der Waals surface area contributed by atoms with Crippen molar-refractivity contribution in [2.45, 2.75) is 6.92 Å². The summed E-state index contributed by atoms with van der Waals surface area (Å²) in [6, 6.07) is 2.27. The number of ketones is 1. The Balaban J connectivity index is 2.11. The van der Waals surface area contributed by atoms with E-state index in [-0.39, 0.29) is 22.4 Å². The summed E-state index contributed by atoms with van der Waals surface area (Å²) in [5.41, 5.74) is 0.241. The molecule has 8 nitrogen and oxygen atoms in total. The molecule has 2 aromatic heterocycles. The molecule has 9 heteroatoms. The largest absolute Gasteiger partial charge is 0.433 e. The molecule has 0 radical (unpaired) electrons. The minimum Gasteiger partial charge on any atom is -0.395 e. The highest BCUT2D eigenvalue weighted by Crippen LogP contribution is 2.19. The summed E-state index contributed by atoms with van der Waals surface area (Å²) in [6.07, 6.45) is 0. The number of rotatable bonds is 4. The molecule has 0 fully saturated rings. The van der Waals surface area contributed by atoms with Crippen LogP contribution in [0.3, 0.4) is 0 Å². The molecule has 2 heterocycles. The van der Waals surface area contributed by atoms with Crippen molar-refractivity contribution in [3.05, 3.63) is 39.1 Å². The Hall–Kier alpha value is -2.55. The average molecular weight is 281 g/mol. The fourth-order valence-corrected chi connectivity index (χ4v) is 1.94. The fourth-order valence-electron chi connectivity index (χ4n) is 1.20. The molecule has 1 N–H and O–H groups in total. The van der Waals surface area contributed by atoms with Gasteiger partial charge in [-0.25, -0.2) is 4.98 Å². The Kier molecular flexibility index (Phi) is 3.38. The Morgan fingerprint density at radius 1 is 1.47 bits per heavy atom. The number of furan rings is 1. The first-order chi connectivity index (χ1) is 8.97. The minimum absolute atomic E-state index is 0.203. The van der Waals surface area contributed by atoms with Crippen LogP contribution >= 0.6 is 11.3 Å². The van der Waals surface area contributed by atoms with Crippen LogP contribution in [0, 0.1) is 10.1 Å². The SMILES string of the molecule is CC(=O)c1csc(NC(=O)c2ccc([N+](=O)[O-])o2)n1. The molecule has 0 atom stereocenters. The third-order valence-electron chi connectivity index (χ3n) is 2.08. The van der Waals surface area contributed by atoms with E-state index >= 15 is 0 Å². The number of aromatic nitrogens is 1. The number of hydrogen-bond acceptors (Lipinski definition) is 7. The average Bonchev–Trinajstić information content (AvgIpc) is 2.96. The Bertz CT molecular complexity index is 660. The van der Waals surface area contributed by atoms with E-state index in [1.807, 2.05) is 0 Å². The van der Waals surface area contributed by atoms with Crippen LogP contribution in [0.5, 0.6) is 0 Å². The smallest absolute Gasteiger partial charge is 0.395 e. The van der Waals surface area contributed by atoms with Crippen molar-refractivity contribution in [1.82, 2.24) is 4.98 Å². The van der Waals surface area contributed by atoms with E-state index in [2.05, 4.69) is 10.3 Å². The minimum atomic E-state index is -0.742. The predicted octanol–water partition coefficient (Wildman–Crippen LogP) is 2.10. The van der Waals surface area contributed by atoms with Crippen LogP contribution in [0.25, 0.3) is 0 Å². The van der Waals surface area contributed by atoms with Crippen LogP contribution in [0.4, 0.5) is 11.0 Å². The van der Waals surface area contributed by atoms with Gasteiger partial charge < -0.3 is 4.42 Å². The van der Waals surface area contributed by atoms with Crippen LogP contribution in [0.1, 0.15) is 28.0 Å². The predicted molar refractivity (Wildman–Crippen MR) is 65.4 cm³/mol. The standard InChI is InChI=1S/C10H7N3O5S/c1-5(14)6-4-19-10(11-6)12-9(15)7-2-3-8(18-7)13(16)17/h2-4H,1H3,(H,11,12,15). The molecule has 0 saturated carbocycles. The number of thiazole rings is 1. The van der Waals surface area contributed by atoms with Gasteiger partial charge in [0.2, 0.25) is 0 Å². The first-order valence-electron chi connectivity index (χ1n) is 4.99. The first kappa shape index (κ1) is 12.9. The summed E-state index contributed by atoms with van der Waals surface area (Å²) in [5.74, 6) is -1.61. The van der Waals surface area contributed by atoms with Gasteiger partial charge >= 0.3 is 5.88 Å². The van der Waals surface area contributed by atoms with Crippen molar-refractivity contribution >= 4 is 34.0 Å². The van der Waals surface area contributed by atoms with Crippen molar-refractivity contribution in [2.75, 3.05) is 5.32 Å². The third kappa shape index (κ3) is 2.83. The van der Waals surface area contributed by atoms with Crippen LogP contribution in [0.2, 0.25) is 0 Å². The normalized spacial score (nSPS) is 10.2. The summed E-state index contributed by atoms with van der Waals surface area (Å²) in [7, 11) is 0. The van der Waals surface area contributed by atoms with Crippen LogP contribution < -0.4 is 5.32 Å². The molecule has 0 saturated heterocycles. The van der Waals surface area contributed by atoms with Crippen molar-refractivity contribution in [3.8, 4) is 0 Å². The maximum absolute atomic E-state index is 11.7. The lowest BCUT2D eigenvalue weighted by molar-refractivity contribution is -0.402. The highest BCUT2D eigenvalue weighted by atomic mass is 32.1. The molecule has 0 aliphatic rings. The number of Topliss-reactive ketones (excluding diaryl/α,β-unsaturated/α-hetero) is 1. The quantitative estimate of drug-likeness (QED) is 0.521. The maximum atomic E-state index is 11.7. The summed E-state index contributed by atoms with van der Waals surface area (Å²) in [5, 5.41) is 14.5. The molecule has 0 spiro atoms. The number of anilines is 1. The van der Waals surface area contributed by atoms with Gasteiger partial charge in [0.05, 0.1) is 6.07 Å². The molecular weight excluding hydrogens is 274 g/mol. The Morgan fingerprint density at radius 3 is 2.74 bits per heavy atom. The van der Waals surface area contributed by atoms with Crippen LogP contribution in [0.15, 0.2) is 21.9 Å². The number of nitrogens with zero attached hydrogens (tertiary/aromatic N) is 2. The van der Waals surface area contributed by atoms with E-state index in [0.29, 0.717) is 0 Å². The lowest BCUT2D eigenvalue weighted by atomic mass is 10.4. The number of nitrogens with one attached hydrogen (secondary N) is 1. The monoisotopic (exact) mass is 281 g/mol. The zero-order valence-corrected chi connectivity index (χ0v) is 10.4. The van der Waals surface area contributed by atoms with Crippen molar-refractivity contribution in [1.29, 1.82) is 0 Å². The molecule has 98 valence electrons. The van der Waals surface area contributed by atoms with E-state index < -0.39 is 16.7 Å². The van der Waals surface area contributed by atoms with E-state index in [4.69, 9.17) is 4.42 Å². The van der Waals surface area contributed by atoms with Gasteiger partial charge in [0.25, 0.3) is 5.91 Å². The highest BCUT2D eigenvalue weighted by Gasteiger charge is 2.18. The van der Waals surface area contributed by atoms with Crippen LogP contribution in [-0.2, 0) is 0 Å². The van der Waals surface area contributed by atoms with Gasteiger partial charge in [0.1, 0.15) is 10.6 Å². The topological polar surface area (TPSA) is 115 Å². The molecule has 0 aliphatic heterocycles. The van der Waals surface area contributed by atoms with E-state index in [9.17, 15) is 19.7 Å². The number of amides is 1. The van der Waals surface area contributed by atoms with Gasteiger partial charge in [-0.05, 0) is 6.07 Å². The number of nitro groups is 1. The Morgan fingerprint density at radius 2 is 2.21 bits per heavy atom. The van der Waals surface area contributed by atoms with Crippen molar-refractivity contribution < 1.29 is 18.9 Å². The second-order valence-corrected chi connectivity index (χ2v) is 4.30. The molecule has 19 heavy (non-hydrogen) atoms. The van der Waals surface area contributed by atoms with Gasteiger partial charge in [-0.2, -0.15) is 0 Å². The first-order valence-corrected chi connectivity index (χ1v) is 5.87. The molecule has 2 aromatic rings. The summed E-state index contributed by atoms with van der Waals surface area (Å²) in [6.45, 7) is 1.36. The van der Waals surface area contributed by atoms with Crippen molar-refractivity contribution in [3.63, 3.8) is 0 Å². The van der Waals surface area contributed by atoms with Crippen LogP contribution in [-0.4, -0.2) is 21.6 Å². The van der Waals surface area contributed by atoms with Gasteiger partial charge in [0, 0.05) is 12.3 Å². The van der Waals surface area contributed by atoms with E-state index in [1.165, 1.54) is 18.4 Å². The zero-order chi connectivity index (χ0) is 14.0. The van der Waals surface area contributed by atoms with Gasteiger partial charge in [-0.15, -0.1) is 11.3 Å². The maximum Gasteiger partial charge on any atom is 0.433 e. The Labute approximate surface area is 110 Å². The molecule has 0 aliphatic carbocycles. The summed E-state index contributed by atoms with van der Waals surface area (Å²) in [4.78, 5) is 36.3. The number of hydrogen-bond donors (Lipinski definition) is 1. The summed E-state index contributed by atoms with van der Waals surface area (Å²) < 4.78 is 4.73. The number of carbonyl (C=O) groups excluding carboxylic acids is 2. The lowest BCUT2D eigenvalue weighted by Crippen LogP contribution is -2.10. The van der Waals surface area contributed by atoms with E-state index in [1.54, 1.807) is 0 Å². The molecule has 0 bridgehead atoms. The van der Waals surface area contributed by atoms with Gasteiger partial charge in [-0.3, -0.25) is 25.0 Å². The second-order valence-electron chi connectivity index (χ2n) is 3.44. The number of carbonyl (C=O) groups is 2. The molecular formula is C10H7N3O5S. The molecule has 2 rings (SSSR count). The van der Waals surface area contributed by atoms with Gasteiger partial charge in [0.15, 0.2) is 16.7 Å². The lowest BCUT2D eigenvalue weighted by Gasteiger charge is -1.96. The third-order valence-corrected chi connectivity index (χ3v) is 2.84.